The Morgan fingerprint density at radius 1 is 0.814 bits per heavy atom. The minimum atomic E-state index is -1.17. The van der Waals surface area contributed by atoms with Crippen LogP contribution in [-0.4, -0.2) is 89.4 Å². The van der Waals surface area contributed by atoms with Gasteiger partial charge in [-0.15, -0.1) is 23.5 Å². The highest BCUT2D eigenvalue weighted by Gasteiger charge is 2.66. The van der Waals surface area contributed by atoms with Gasteiger partial charge in [-0.2, -0.15) is 0 Å². The van der Waals surface area contributed by atoms with E-state index in [2.05, 4.69) is 10.6 Å². The van der Waals surface area contributed by atoms with Gasteiger partial charge in [-0.25, -0.2) is 4.79 Å². The Balaban J connectivity index is 1.32. The zero-order chi connectivity index (χ0) is 31.1. The predicted octanol–water partition coefficient (Wildman–Crippen LogP) is 2.27. The summed E-state index contributed by atoms with van der Waals surface area (Å²) in [5, 5.41) is 14.9. The van der Waals surface area contributed by atoms with Crippen LogP contribution in [0.25, 0.3) is 0 Å². The first-order valence-corrected chi connectivity index (χ1v) is 15.9. The number of carbonyl (C=O) groups excluding carboxylic acids is 4. The number of β-lactam (4-membered cyclic amide) rings is 1. The molecule has 228 valence electrons. The Hall–Kier alpha value is -3.51. The normalized spacial score (nSPS) is 26.8. The fourth-order valence-corrected chi connectivity index (χ4v) is 9.31. The van der Waals surface area contributed by atoms with E-state index in [-0.39, 0.29) is 37.1 Å². The second kappa shape index (κ2) is 11.9. The fraction of sp³-hybridized carbons (Fsp3) is 0.452. The van der Waals surface area contributed by atoms with Gasteiger partial charge in [-0.1, -0.05) is 60.7 Å². The number of hydrogen-bond donors (Lipinski definition) is 3. The zero-order valence-electron chi connectivity index (χ0n) is 24.5. The number of amides is 4. The van der Waals surface area contributed by atoms with E-state index in [1.165, 1.54) is 33.3 Å². The highest BCUT2D eigenvalue weighted by atomic mass is 32.2. The number of benzene rings is 2. The molecule has 3 aliphatic rings. The van der Waals surface area contributed by atoms with Crippen molar-refractivity contribution in [3.8, 4) is 0 Å². The summed E-state index contributed by atoms with van der Waals surface area (Å²) < 4.78 is -1.60. The van der Waals surface area contributed by atoms with Gasteiger partial charge in [-0.3, -0.25) is 19.2 Å². The van der Waals surface area contributed by atoms with Gasteiger partial charge in [0.1, 0.15) is 23.5 Å². The van der Waals surface area contributed by atoms with Gasteiger partial charge in [0.15, 0.2) is 0 Å². The number of nitrogens with zero attached hydrogens (tertiary/aromatic N) is 2. The van der Waals surface area contributed by atoms with E-state index in [1.807, 2.05) is 74.5 Å². The van der Waals surface area contributed by atoms with E-state index in [9.17, 15) is 29.1 Å². The number of thioether (sulfide) groups is 2. The van der Waals surface area contributed by atoms with Crippen LogP contribution in [0, 0.1) is 0 Å². The number of fused-ring (bicyclic) bond motifs is 1. The van der Waals surface area contributed by atoms with Crippen molar-refractivity contribution in [3.05, 3.63) is 71.8 Å². The summed E-state index contributed by atoms with van der Waals surface area (Å²) in [5.74, 6) is -2.51. The smallest absolute Gasteiger partial charge is 0.327 e. The Morgan fingerprint density at radius 3 is 1.91 bits per heavy atom. The van der Waals surface area contributed by atoms with E-state index in [0.29, 0.717) is 0 Å². The summed E-state index contributed by atoms with van der Waals surface area (Å²) in [5.41, 5.74) is 1.67. The molecule has 0 saturated carbocycles. The number of hydrogen-bond acceptors (Lipinski definition) is 7. The Labute approximate surface area is 259 Å². The zero-order valence-corrected chi connectivity index (χ0v) is 26.1. The number of nitrogens with one attached hydrogen (secondary N) is 2. The molecule has 3 fully saturated rings. The molecule has 0 bridgehead atoms. The lowest BCUT2D eigenvalue weighted by molar-refractivity contribution is -0.162. The summed E-state index contributed by atoms with van der Waals surface area (Å²) >= 11 is 2.74. The van der Waals surface area contributed by atoms with Gasteiger partial charge in [0.25, 0.3) is 0 Å². The van der Waals surface area contributed by atoms with Crippen LogP contribution in [-0.2, 0) is 36.8 Å². The first-order chi connectivity index (χ1) is 20.3. The molecule has 3 saturated heterocycles. The first-order valence-electron chi connectivity index (χ1n) is 14.2. The lowest BCUT2D eigenvalue weighted by Gasteiger charge is -2.45. The largest absolute Gasteiger partial charge is 0.480 e. The average Bonchev–Trinajstić information content (AvgIpc) is 3.37. The number of aliphatic carboxylic acids is 1. The summed E-state index contributed by atoms with van der Waals surface area (Å²) in [4.78, 5) is 68.6. The average molecular weight is 625 g/mol. The van der Waals surface area contributed by atoms with E-state index in [4.69, 9.17) is 0 Å². The maximum atomic E-state index is 14.4. The lowest BCUT2D eigenvalue weighted by atomic mass is 9.92. The predicted molar refractivity (Wildman–Crippen MR) is 165 cm³/mol. The third-order valence-corrected chi connectivity index (χ3v) is 11.1. The molecule has 0 aliphatic carbocycles. The Kier molecular flexibility index (Phi) is 8.54. The number of rotatable bonds is 9. The molecule has 4 amide bonds. The van der Waals surface area contributed by atoms with Gasteiger partial charge in [0, 0.05) is 16.0 Å². The molecule has 5 atom stereocenters. The van der Waals surface area contributed by atoms with Crippen molar-refractivity contribution in [1.82, 2.24) is 20.4 Å². The second-order valence-corrected chi connectivity index (χ2v) is 15.7. The van der Waals surface area contributed by atoms with Crippen LogP contribution in [0.1, 0.15) is 38.8 Å². The quantitative estimate of drug-likeness (QED) is 0.362. The van der Waals surface area contributed by atoms with Crippen LogP contribution in [0.5, 0.6) is 0 Å². The van der Waals surface area contributed by atoms with Crippen LogP contribution >= 0.6 is 23.5 Å². The molecule has 12 heteroatoms. The number of carbonyl (C=O) groups is 5. The van der Waals surface area contributed by atoms with Gasteiger partial charge >= 0.3 is 5.97 Å². The highest BCUT2D eigenvalue weighted by Crippen LogP contribution is 2.53. The fourth-order valence-electron chi connectivity index (χ4n) is 6.14. The van der Waals surface area contributed by atoms with Crippen LogP contribution in [0.15, 0.2) is 60.7 Å². The van der Waals surface area contributed by atoms with E-state index in [0.717, 1.165) is 11.1 Å². The molecule has 2 aromatic rings. The van der Waals surface area contributed by atoms with Crippen molar-refractivity contribution in [2.45, 2.75) is 78.9 Å². The SMILES string of the molecule is CC1(C)S[C@@H]2[C@H](NC(=O)Cc3ccccc3)C(=O)N2C1C(=O)N1C(C(=O)O)C(C)(C)S[C@@H]1CNC(=O)Cc1ccccc1. The molecule has 2 aromatic carbocycles. The lowest BCUT2D eigenvalue weighted by Crippen LogP contribution is -2.72. The Bertz CT molecular complexity index is 1420. The molecule has 0 aromatic heterocycles. The van der Waals surface area contributed by atoms with Gasteiger partial charge < -0.3 is 25.5 Å². The first kappa shape index (κ1) is 30.9. The number of carboxylic acid groups (broad SMARTS) is 1. The van der Waals surface area contributed by atoms with Crippen molar-refractivity contribution in [1.29, 1.82) is 0 Å². The van der Waals surface area contributed by atoms with Gasteiger partial charge in [-0.05, 0) is 38.8 Å². The van der Waals surface area contributed by atoms with E-state index < -0.39 is 50.2 Å². The molecule has 3 heterocycles. The van der Waals surface area contributed by atoms with Crippen LogP contribution in [0.4, 0.5) is 0 Å². The van der Waals surface area contributed by atoms with Crippen molar-refractivity contribution < 1.29 is 29.1 Å². The molecule has 0 radical (unpaired) electrons. The monoisotopic (exact) mass is 624 g/mol. The van der Waals surface area contributed by atoms with Gasteiger partial charge in [0.05, 0.1) is 18.2 Å². The molecule has 5 rings (SSSR count). The summed E-state index contributed by atoms with van der Waals surface area (Å²) in [7, 11) is 0. The van der Waals surface area contributed by atoms with Crippen molar-refractivity contribution in [2.24, 2.45) is 0 Å². The highest BCUT2D eigenvalue weighted by molar-refractivity contribution is 8.02. The third-order valence-electron chi connectivity index (χ3n) is 8.06. The molecular weight excluding hydrogens is 588 g/mol. The van der Waals surface area contributed by atoms with E-state index >= 15 is 0 Å². The standard InChI is InChI=1S/C31H36N4O6S2/c1-30(2)24(35-26(38)23(28(35)43-30)33-21(37)16-19-13-9-6-10-14-19)27(39)34-22(42-31(3,4)25(34)29(40)41)17-32-20(36)15-18-11-7-5-8-12-18/h5-14,22-25,28H,15-17H2,1-4H3,(H,32,36)(H,33,37)(H,40,41)/t22-,23-,24?,25?,28-/m1/s1. The molecule has 3 aliphatic heterocycles. The summed E-state index contributed by atoms with van der Waals surface area (Å²) in [6.07, 6.45) is 0.289. The molecule has 43 heavy (non-hydrogen) atoms. The second-order valence-electron chi connectivity index (χ2n) is 12.1. The molecule has 2 unspecified atom stereocenters. The molecule has 0 spiro atoms. The summed E-state index contributed by atoms with van der Waals surface area (Å²) in [6.45, 7) is 7.32. The minimum absolute atomic E-state index is 0.0606. The van der Waals surface area contributed by atoms with Crippen LogP contribution < -0.4 is 10.6 Å². The van der Waals surface area contributed by atoms with Crippen molar-refractivity contribution >= 4 is 53.1 Å². The minimum Gasteiger partial charge on any atom is -0.480 e. The van der Waals surface area contributed by atoms with Crippen molar-refractivity contribution in [3.63, 3.8) is 0 Å². The molecule has 3 N–H and O–H groups in total. The number of carboxylic acids is 1. The van der Waals surface area contributed by atoms with Crippen LogP contribution in [0.3, 0.4) is 0 Å². The maximum Gasteiger partial charge on any atom is 0.327 e. The maximum absolute atomic E-state index is 14.4. The molecule has 10 nitrogen and oxygen atoms in total. The Morgan fingerprint density at radius 2 is 1.35 bits per heavy atom. The van der Waals surface area contributed by atoms with Crippen molar-refractivity contribution in [2.75, 3.05) is 6.54 Å². The molecular formula is C31H36N4O6S2. The van der Waals surface area contributed by atoms with Gasteiger partial charge in [0.2, 0.25) is 23.6 Å². The summed E-state index contributed by atoms with van der Waals surface area (Å²) in [6, 6.07) is 15.6. The van der Waals surface area contributed by atoms with Crippen LogP contribution in [0.2, 0.25) is 0 Å². The third kappa shape index (κ3) is 6.12. The topological polar surface area (TPSA) is 136 Å². The van der Waals surface area contributed by atoms with E-state index in [1.54, 1.807) is 13.8 Å².